The molecule has 2 rings (SSSR count). The van der Waals surface area contributed by atoms with E-state index in [1.165, 1.54) is 24.0 Å². The van der Waals surface area contributed by atoms with Crippen LogP contribution in [0.25, 0.3) is 0 Å². The van der Waals surface area contributed by atoms with Crippen molar-refractivity contribution in [3.8, 4) is 0 Å². The minimum absolute atomic E-state index is 0.241. The highest BCUT2D eigenvalue weighted by atomic mass is 32.2. The Kier molecular flexibility index (Phi) is 5.41. The van der Waals surface area contributed by atoms with Crippen molar-refractivity contribution in [2.75, 3.05) is 18.7 Å². The van der Waals surface area contributed by atoms with Crippen LogP contribution in [0.3, 0.4) is 0 Å². The molecule has 0 fully saturated rings. The summed E-state index contributed by atoms with van der Waals surface area (Å²) >= 11 is 2.97. The fourth-order valence-electron chi connectivity index (χ4n) is 1.77. The standard InChI is InChI=1S/C15H15NO3S2/c1-19-15(18)13-12(7-8-21-13)16-14(17)11-5-3-10(4-6-11)9-20-2/h3-8H,9H2,1-2H3,(H,16,17). The molecule has 0 bridgehead atoms. The van der Waals surface area contributed by atoms with E-state index in [1.54, 1.807) is 35.3 Å². The predicted molar refractivity (Wildman–Crippen MR) is 87.3 cm³/mol. The maximum atomic E-state index is 12.2. The number of hydrogen-bond donors (Lipinski definition) is 1. The number of carbonyl (C=O) groups is 2. The SMILES string of the molecule is COC(=O)c1sccc1NC(=O)c1ccc(CSC)cc1. The first-order valence-electron chi connectivity index (χ1n) is 6.20. The van der Waals surface area contributed by atoms with Gasteiger partial charge in [0.15, 0.2) is 0 Å². The average Bonchev–Trinajstić information content (AvgIpc) is 2.95. The van der Waals surface area contributed by atoms with Gasteiger partial charge in [-0.3, -0.25) is 4.79 Å². The van der Waals surface area contributed by atoms with Crippen LogP contribution in [0, 0.1) is 0 Å². The van der Waals surface area contributed by atoms with Crippen LogP contribution < -0.4 is 5.32 Å². The number of carbonyl (C=O) groups excluding carboxylic acids is 2. The molecule has 6 heteroatoms. The van der Waals surface area contributed by atoms with Crippen molar-refractivity contribution in [1.29, 1.82) is 0 Å². The fourth-order valence-corrected chi connectivity index (χ4v) is 3.06. The summed E-state index contributed by atoms with van der Waals surface area (Å²) in [6.45, 7) is 0. The minimum atomic E-state index is -0.449. The van der Waals surface area contributed by atoms with E-state index in [2.05, 4.69) is 10.1 Å². The molecule has 0 saturated heterocycles. The van der Waals surface area contributed by atoms with Crippen molar-refractivity contribution in [3.63, 3.8) is 0 Å². The third-order valence-corrected chi connectivity index (χ3v) is 4.33. The number of rotatable bonds is 5. The van der Waals surface area contributed by atoms with Gasteiger partial charge in [0.25, 0.3) is 5.91 Å². The van der Waals surface area contributed by atoms with Crippen molar-refractivity contribution in [2.45, 2.75) is 5.75 Å². The fraction of sp³-hybridized carbons (Fsp3) is 0.200. The third kappa shape index (κ3) is 3.86. The van der Waals surface area contributed by atoms with Gasteiger partial charge in [0, 0.05) is 11.3 Å². The van der Waals surface area contributed by atoms with Crippen LogP contribution in [0.1, 0.15) is 25.6 Å². The summed E-state index contributed by atoms with van der Waals surface area (Å²) in [5, 5.41) is 4.48. The van der Waals surface area contributed by atoms with Crippen LogP contribution in [0.2, 0.25) is 0 Å². The lowest BCUT2D eigenvalue weighted by Gasteiger charge is -2.06. The lowest BCUT2D eigenvalue weighted by molar-refractivity contribution is 0.0607. The van der Waals surface area contributed by atoms with Crippen molar-refractivity contribution in [1.82, 2.24) is 0 Å². The van der Waals surface area contributed by atoms with Crippen LogP contribution in [0.4, 0.5) is 5.69 Å². The average molecular weight is 321 g/mol. The Morgan fingerprint density at radius 2 is 1.95 bits per heavy atom. The van der Waals surface area contributed by atoms with Gasteiger partial charge < -0.3 is 10.1 Å². The molecule has 1 amide bonds. The van der Waals surface area contributed by atoms with E-state index in [0.29, 0.717) is 16.1 Å². The smallest absolute Gasteiger partial charge is 0.350 e. The Morgan fingerprint density at radius 1 is 1.24 bits per heavy atom. The summed E-state index contributed by atoms with van der Waals surface area (Å²) < 4.78 is 4.68. The van der Waals surface area contributed by atoms with E-state index >= 15 is 0 Å². The highest BCUT2D eigenvalue weighted by molar-refractivity contribution is 7.97. The monoisotopic (exact) mass is 321 g/mol. The number of anilines is 1. The molecule has 0 atom stereocenters. The highest BCUT2D eigenvalue weighted by Crippen LogP contribution is 2.23. The Balaban J connectivity index is 2.11. The molecule has 4 nitrogen and oxygen atoms in total. The number of nitrogens with one attached hydrogen (secondary N) is 1. The van der Waals surface area contributed by atoms with E-state index in [1.807, 2.05) is 18.4 Å². The molecule has 0 spiro atoms. The lowest BCUT2D eigenvalue weighted by Crippen LogP contribution is -2.13. The van der Waals surface area contributed by atoms with Gasteiger partial charge in [-0.25, -0.2) is 4.79 Å². The normalized spacial score (nSPS) is 10.2. The zero-order valence-corrected chi connectivity index (χ0v) is 13.3. The summed E-state index contributed by atoms with van der Waals surface area (Å²) in [6.07, 6.45) is 2.03. The van der Waals surface area contributed by atoms with Crippen molar-refractivity contribution in [2.24, 2.45) is 0 Å². The van der Waals surface area contributed by atoms with Crippen LogP contribution in [0.5, 0.6) is 0 Å². The summed E-state index contributed by atoms with van der Waals surface area (Å²) in [6, 6.07) is 9.12. The molecule has 0 aliphatic carbocycles. The molecular formula is C15H15NO3S2. The molecule has 21 heavy (non-hydrogen) atoms. The Hall–Kier alpha value is -1.79. The van der Waals surface area contributed by atoms with Crippen LogP contribution >= 0.6 is 23.1 Å². The van der Waals surface area contributed by atoms with E-state index in [4.69, 9.17) is 0 Å². The maximum Gasteiger partial charge on any atom is 0.350 e. The van der Waals surface area contributed by atoms with Gasteiger partial charge in [-0.2, -0.15) is 11.8 Å². The van der Waals surface area contributed by atoms with Crippen LogP contribution in [-0.4, -0.2) is 25.2 Å². The highest BCUT2D eigenvalue weighted by Gasteiger charge is 2.16. The van der Waals surface area contributed by atoms with Gasteiger partial charge in [-0.05, 0) is 35.4 Å². The minimum Gasteiger partial charge on any atom is -0.465 e. The first kappa shape index (κ1) is 15.6. The molecule has 110 valence electrons. The summed E-state index contributed by atoms with van der Waals surface area (Å²) in [5.74, 6) is 0.226. The molecule has 0 aliphatic heterocycles. The zero-order valence-electron chi connectivity index (χ0n) is 11.7. The quantitative estimate of drug-likeness (QED) is 0.854. The van der Waals surface area contributed by atoms with Gasteiger partial charge in [0.05, 0.1) is 12.8 Å². The molecule has 2 aromatic rings. The van der Waals surface area contributed by atoms with Crippen molar-refractivity contribution in [3.05, 3.63) is 51.7 Å². The van der Waals surface area contributed by atoms with E-state index in [-0.39, 0.29) is 5.91 Å². The Bertz CT molecular complexity index is 635. The molecule has 0 radical (unpaired) electrons. The molecule has 0 aliphatic rings. The van der Waals surface area contributed by atoms with E-state index in [9.17, 15) is 9.59 Å². The number of amides is 1. The molecule has 1 aromatic carbocycles. The summed E-state index contributed by atoms with van der Waals surface area (Å²) in [5.41, 5.74) is 2.21. The molecular weight excluding hydrogens is 306 g/mol. The second-order valence-electron chi connectivity index (χ2n) is 4.24. The van der Waals surface area contributed by atoms with Crippen molar-refractivity contribution >= 4 is 40.7 Å². The second-order valence-corrected chi connectivity index (χ2v) is 6.02. The van der Waals surface area contributed by atoms with Gasteiger partial charge >= 0.3 is 5.97 Å². The molecule has 1 N–H and O–H groups in total. The molecule has 1 heterocycles. The number of benzene rings is 1. The van der Waals surface area contributed by atoms with Gasteiger partial charge in [0.2, 0.25) is 0 Å². The number of ether oxygens (including phenoxy) is 1. The number of thiophene rings is 1. The van der Waals surface area contributed by atoms with Crippen molar-refractivity contribution < 1.29 is 14.3 Å². The summed E-state index contributed by atoms with van der Waals surface area (Å²) in [4.78, 5) is 24.1. The predicted octanol–water partition coefficient (Wildman–Crippen LogP) is 3.65. The zero-order chi connectivity index (χ0) is 15.2. The first-order chi connectivity index (χ1) is 10.2. The van der Waals surface area contributed by atoms with Crippen LogP contribution in [0.15, 0.2) is 35.7 Å². The van der Waals surface area contributed by atoms with E-state index < -0.39 is 5.97 Å². The lowest BCUT2D eigenvalue weighted by atomic mass is 10.1. The number of esters is 1. The molecule has 1 aromatic heterocycles. The molecule has 0 saturated carbocycles. The number of thioether (sulfide) groups is 1. The van der Waals surface area contributed by atoms with Crippen LogP contribution in [-0.2, 0) is 10.5 Å². The first-order valence-corrected chi connectivity index (χ1v) is 8.48. The molecule has 0 unspecified atom stereocenters. The summed E-state index contributed by atoms with van der Waals surface area (Å²) in [7, 11) is 1.32. The van der Waals surface area contributed by atoms with Gasteiger partial charge in [-0.1, -0.05) is 12.1 Å². The number of hydrogen-bond acceptors (Lipinski definition) is 5. The van der Waals surface area contributed by atoms with Gasteiger partial charge in [0.1, 0.15) is 4.88 Å². The Morgan fingerprint density at radius 3 is 2.57 bits per heavy atom. The largest absolute Gasteiger partial charge is 0.465 e. The third-order valence-electron chi connectivity index (χ3n) is 2.81. The topological polar surface area (TPSA) is 55.4 Å². The number of methoxy groups -OCH3 is 1. The second kappa shape index (κ2) is 7.28. The van der Waals surface area contributed by atoms with Gasteiger partial charge in [-0.15, -0.1) is 11.3 Å². The maximum absolute atomic E-state index is 12.2. The Labute approximate surface area is 131 Å². The van der Waals surface area contributed by atoms with E-state index in [0.717, 1.165) is 5.75 Å².